The van der Waals surface area contributed by atoms with Crippen LogP contribution < -0.4 is 0 Å². The van der Waals surface area contributed by atoms with E-state index in [4.69, 9.17) is 0 Å². The second-order valence-corrected chi connectivity index (χ2v) is 19.4. The lowest BCUT2D eigenvalue weighted by Gasteiger charge is -2.52. The Hall–Kier alpha value is -5.55. The maximum Gasteiger partial charge on any atom is 0.152 e. The molecule has 0 N–H and O–H groups in total. The molecule has 0 aliphatic rings. The first-order valence-corrected chi connectivity index (χ1v) is 26.0. The Morgan fingerprint density at radius 3 is 1.25 bits per heavy atom. The molecular weight excluding hydrogens is 837 g/mol. The minimum absolute atomic E-state index is 0.205. The molecule has 0 aliphatic carbocycles. The minimum atomic E-state index is -2.44. The Morgan fingerprint density at radius 2 is 0.824 bits per heavy atom. The zero-order valence-electron chi connectivity index (χ0n) is 41.8. The number of ketones is 4. The van der Waals surface area contributed by atoms with Crippen LogP contribution in [0.5, 0.6) is 0 Å². The van der Waals surface area contributed by atoms with Crippen LogP contribution in [0.2, 0.25) is 0 Å². The molecule has 6 unspecified atom stereocenters. The van der Waals surface area contributed by atoms with E-state index in [1.165, 1.54) is 0 Å². The predicted octanol–water partition coefficient (Wildman–Crippen LogP) is 14.4. The topological polar surface area (TPSA) is 85.3 Å². The molecule has 0 spiro atoms. The van der Waals surface area contributed by atoms with E-state index in [1.807, 2.05) is 159 Å². The zero-order valence-corrected chi connectivity index (χ0v) is 41.8. The zero-order chi connectivity index (χ0) is 48.8. The highest BCUT2D eigenvalue weighted by Crippen LogP contribution is 2.58. The Morgan fingerprint density at radius 1 is 0.426 bits per heavy atom. The van der Waals surface area contributed by atoms with Gasteiger partial charge in [-0.05, 0) is 85.6 Å². The highest BCUT2D eigenvalue weighted by Gasteiger charge is 2.71. The highest BCUT2D eigenvalue weighted by molar-refractivity contribution is 6.22. The first-order chi connectivity index (χ1) is 33.1. The van der Waals surface area contributed by atoms with Gasteiger partial charge in [0.1, 0.15) is 22.9 Å². The molecule has 5 nitrogen and oxygen atoms in total. The van der Waals surface area contributed by atoms with Gasteiger partial charge in [0, 0.05) is 23.7 Å². The van der Waals surface area contributed by atoms with Gasteiger partial charge >= 0.3 is 0 Å². The van der Waals surface area contributed by atoms with Crippen molar-refractivity contribution < 1.29 is 24.0 Å². The number of hydrogen-bond donors (Lipinski definition) is 0. The third-order valence-electron chi connectivity index (χ3n) is 14.6. The van der Waals surface area contributed by atoms with Gasteiger partial charge in [0.2, 0.25) is 0 Å². The molecule has 5 aromatic carbocycles. The SMILES string of the molecule is CCCCCC(Cc1ccccc1)C(=O)C(C=O)(Cc1ccccc1)C(C(=O)C(CC)Cc1ccccc1)(C(=O)C(CCCC)Cc1ccccc1)C(C(=O)C(CCC)CCC)c1ccccc1. The Bertz CT molecular complexity index is 2270. The van der Waals surface area contributed by atoms with E-state index in [1.54, 1.807) is 0 Å². The Kier molecular flexibility index (Phi) is 21.6. The fourth-order valence-corrected chi connectivity index (χ4v) is 11.1. The predicted molar refractivity (Wildman–Crippen MR) is 278 cm³/mol. The second-order valence-electron chi connectivity index (χ2n) is 19.4. The number of unbranched alkanes of at least 4 members (excludes halogenated alkanes) is 3. The van der Waals surface area contributed by atoms with E-state index in [-0.39, 0.29) is 18.6 Å². The monoisotopic (exact) mass is 915 g/mol. The number of rotatable bonds is 32. The lowest BCUT2D eigenvalue weighted by Crippen LogP contribution is -2.67. The smallest absolute Gasteiger partial charge is 0.152 e. The van der Waals surface area contributed by atoms with Crippen LogP contribution in [0, 0.1) is 34.5 Å². The lowest BCUT2D eigenvalue weighted by atomic mass is 9.44. The fourth-order valence-electron chi connectivity index (χ4n) is 11.1. The summed E-state index contributed by atoms with van der Waals surface area (Å²) in [6.07, 6.45) is 9.16. The molecule has 0 heterocycles. The van der Waals surface area contributed by atoms with E-state index in [9.17, 15) is 0 Å². The Balaban J connectivity index is 2.05. The van der Waals surface area contributed by atoms with Crippen LogP contribution in [0.25, 0.3) is 0 Å². The maximum absolute atomic E-state index is 17.5. The van der Waals surface area contributed by atoms with Gasteiger partial charge in [-0.2, -0.15) is 0 Å². The molecule has 360 valence electrons. The van der Waals surface area contributed by atoms with Crippen molar-refractivity contribution in [1.82, 2.24) is 0 Å². The van der Waals surface area contributed by atoms with Gasteiger partial charge in [-0.25, -0.2) is 0 Å². The van der Waals surface area contributed by atoms with Crippen molar-refractivity contribution in [3.63, 3.8) is 0 Å². The van der Waals surface area contributed by atoms with Crippen LogP contribution in [-0.4, -0.2) is 29.4 Å². The summed E-state index contributed by atoms with van der Waals surface area (Å²) < 4.78 is 0. The van der Waals surface area contributed by atoms with Crippen molar-refractivity contribution in [3.05, 3.63) is 179 Å². The van der Waals surface area contributed by atoms with E-state index in [0.717, 1.165) is 42.4 Å². The van der Waals surface area contributed by atoms with Gasteiger partial charge in [-0.3, -0.25) is 19.2 Å². The van der Waals surface area contributed by atoms with Crippen LogP contribution in [0.3, 0.4) is 0 Å². The van der Waals surface area contributed by atoms with Crippen molar-refractivity contribution in [2.45, 2.75) is 143 Å². The summed E-state index contributed by atoms with van der Waals surface area (Å²) >= 11 is 0. The van der Waals surface area contributed by atoms with Gasteiger partial charge in [-0.1, -0.05) is 231 Å². The standard InChI is InChI=1S/C63H78O5/c1-6-11-18-42-55(44-49-33-21-14-22-34-49)59(66)62(47-64,46-51-37-25-16-26-38-51)63(60(67)52(10-5)43-48-31-19-13-20-32-48,61(68)56(39-12-7-2)45-50-35-23-15-24-36-50)57(53-40-27-17-28-41-53)58(65)54(29-8-3)30-9-4/h13-17,19-28,31-38,40-41,47,52,54-57H,6-12,18,29-30,39,42-46H2,1-5H3. The van der Waals surface area contributed by atoms with Gasteiger partial charge in [0.25, 0.3) is 0 Å². The van der Waals surface area contributed by atoms with E-state index in [2.05, 4.69) is 27.7 Å². The molecule has 0 fully saturated rings. The van der Waals surface area contributed by atoms with Crippen molar-refractivity contribution in [2.75, 3.05) is 0 Å². The number of benzene rings is 5. The molecule has 5 heteroatoms. The lowest BCUT2D eigenvalue weighted by molar-refractivity contribution is -0.171. The number of hydrogen-bond acceptors (Lipinski definition) is 5. The molecule has 0 aromatic heterocycles. The summed E-state index contributed by atoms with van der Waals surface area (Å²) in [7, 11) is 0. The summed E-state index contributed by atoms with van der Waals surface area (Å²) in [6.45, 7) is 10.3. The molecule has 0 radical (unpaired) electrons. The summed E-state index contributed by atoms with van der Waals surface area (Å²) in [5.41, 5.74) is -0.812. The van der Waals surface area contributed by atoms with Gasteiger partial charge in [-0.15, -0.1) is 0 Å². The Labute approximate surface area is 409 Å². The quantitative estimate of drug-likeness (QED) is 0.0244. The van der Waals surface area contributed by atoms with E-state index in [0.29, 0.717) is 81.6 Å². The highest BCUT2D eigenvalue weighted by atomic mass is 16.2. The van der Waals surface area contributed by atoms with Crippen molar-refractivity contribution in [2.24, 2.45) is 34.5 Å². The first-order valence-electron chi connectivity index (χ1n) is 26.0. The van der Waals surface area contributed by atoms with Crippen LogP contribution in [0.4, 0.5) is 0 Å². The van der Waals surface area contributed by atoms with Crippen LogP contribution >= 0.6 is 0 Å². The number of aldehydes is 1. The summed E-state index contributed by atoms with van der Waals surface area (Å²) in [5, 5.41) is 0. The number of Topliss-reactive ketones (excluding diaryl/α,β-unsaturated/α-hetero) is 4. The first kappa shape index (κ1) is 53.4. The average molecular weight is 915 g/mol. The van der Waals surface area contributed by atoms with Crippen molar-refractivity contribution >= 4 is 29.4 Å². The van der Waals surface area contributed by atoms with Crippen LogP contribution in [0.1, 0.15) is 145 Å². The normalized spacial score (nSPS) is 15.0. The number of carbonyl (C=O) groups excluding carboxylic acids is 5. The molecule has 5 rings (SSSR count). The second kappa shape index (κ2) is 27.4. The van der Waals surface area contributed by atoms with Gasteiger partial charge in [0.15, 0.2) is 17.3 Å². The largest absolute Gasteiger partial charge is 0.302 e. The summed E-state index contributed by atoms with van der Waals surface area (Å²) in [6, 6.07) is 48.3. The molecular formula is C63H78O5. The molecule has 0 saturated carbocycles. The molecule has 0 saturated heterocycles. The third kappa shape index (κ3) is 12.9. The maximum atomic E-state index is 17.5. The fraction of sp³-hybridized carbons (Fsp3) is 0.444. The number of carbonyl (C=O) groups is 5. The molecule has 0 bridgehead atoms. The minimum Gasteiger partial charge on any atom is -0.302 e. The molecule has 68 heavy (non-hydrogen) atoms. The summed E-state index contributed by atoms with van der Waals surface area (Å²) in [4.78, 5) is 84.1. The summed E-state index contributed by atoms with van der Waals surface area (Å²) in [5.74, 6) is -5.86. The van der Waals surface area contributed by atoms with E-state index >= 15 is 24.0 Å². The van der Waals surface area contributed by atoms with Crippen LogP contribution in [0.15, 0.2) is 152 Å². The molecule has 5 aromatic rings. The van der Waals surface area contributed by atoms with Crippen molar-refractivity contribution in [1.29, 1.82) is 0 Å². The molecule has 0 aliphatic heterocycles. The average Bonchev–Trinajstić information content (AvgIpc) is 3.38. The van der Waals surface area contributed by atoms with Crippen LogP contribution in [-0.2, 0) is 49.7 Å². The molecule has 0 amide bonds. The van der Waals surface area contributed by atoms with Gasteiger partial charge < -0.3 is 4.79 Å². The van der Waals surface area contributed by atoms with Gasteiger partial charge in [0.05, 0.1) is 5.92 Å². The molecule has 6 atom stereocenters. The van der Waals surface area contributed by atoms with E-state index < -0.39 is 57.8 Å². The van der Waals surface area contributed by atoms with Crippen molar-refractivity contribution in [3.8, 4) is 0 Å². The third-order valence-corrected chi connectivity index (χ3v) is 14.6.